The first kappa shape index (κ1) is 22.5. The number of anilines is 1. The maximum absolute atomic E-state index is 13.3. The number of amides is 1. The van der Waals surface area contributed by atoms with Crippen molar-refractivity contribution < 1.29 is 14.3 Å². The molecule has 30 heavy (non-hydrogen) atoms. The Balaban J connectivity index is 0.00000256. The molecular formula is C20H26ClN5O3S. The molecular weight excluding hydrogens is 426 g/mol. The zero-order valence-electron chi connectivity index (χ0n) is 17.1. The lowest BCUT2D eigenvalue weighted by molar-refractivity contribution is 0.0376. The zero-order chi connectivity index (χ0) is 20.2. The number of rotatable bonds is 7. The van der Waals surface area contributed by atoms with E-state index in [9.17, 15) is 4.79 Å². The van der Waals surface area contributed by atoms with Gasteiger partial charge in [0, 0.05) is 45.5 Å². The van der Waals surface area contributed by atoms with E-state index in [1.807, 2.05) is 18.2 Å². The summed E-state index contributed by atoms with van der Waals surface area (Å²) in [6, 6.07) is 7.54. The number of methoxy groups -OCH3 is 1. The fourth-order valence-electron chi connectivity index (χ4n) is 3.42. The minimum absolute atomic E-state index is 0. The molecule has 8 nitrogen and oxygen atoms in total. The average molecular weight is 452 g/mol. The number of thiazole rings is 1. The topological polar surface area (TPSA) is 72.7 Å². The summed E-state index contributed by atoms with van der Waals surface area (Å²) in [5.41, 5.74) is 1.38. The maximum Gasteiger partial charge on any atom is 0.278 e. The van der Waals surface area contributed by atoms with Crippen LogP contribution >= 0.6 is 23.7 Å². The molecule has 162 valence electrons. The summed E-state index contributed by atoms with van der Waals surface area (Å²) in [5, 5.41) is 4.84. The molecule has 0 aliphatic carbocycles. The molecule has 0 radical (unpaired) electrons. The van der Waals surface area contributed by atoms with Crippen LogP contribution in [0, 0.1) is 0 Å². The van der Waals surface area contributed by atoms with Crippen LogP contribution in [0.5, 0.6) is 5.75 Å². The van der Waals surface area contributed by atoms with E-state index in [0.717, 1.165) is 55.2 Å². The standard InChI is InChI=1S/C20H25N5O3S.ClH/c1-23-17(6-7-21-23)19(26)25(9-3-8-24-10-12-28-13-11-24)20-22-16-14-15(27-2)4-5-18(16)29-20;/h4-7,14H,3,8-13H2,1-2H3;1H. The Kier molecular flexibility index (Phi) is 7.65. The van der Waals surface area contributed by atoms with Crippen molar-refractivity contribution in [2.75, 3.05) is 51.4 Å². The molecule has 4 rings (SSSR count). The van der Waals surface area contributed by atoms with Gasteiger partial charge in [-0.1, -0.05) is 11.3 Å². The highest BCUT2D eigenvalue weighted by atomic mass is 35.5. The fraction of sp³-hybridized carbons (Fsp3) is 0.450. The molecule has 2 aromatic heterocycles. The number of halogens is 1. The van der Waals surface area contributed by atoms with E-state index in [-0.39, 0.29) is 18.3 Å². The molecule has 0 spiro atoms. The van der Waals surface area contributed by atoms with Crippen LogP contribution in [-0.4, -0.2) is 72.1 Å². The molecule has 0 unspecified atom stereocenters. The lowest BCUT2D eigenvalue weighted by Gasteiger charge is -2.27. The Labute approximate surface area is 185 Å². The Morgan fingerprint density at radius 1 is 1.30 bits per heavy atom. The van der Waals surface area contributed by atoms with Crippen molar-refractivity contribution in [2.45, 2.75) is 6.42 Å². The number of morpholine rings is 1. The van der Waals surface area contributed by atoms with E-state index in [1.54, 1.807) is 36.0 Å². The average Bonchev–Trinajstić information content (AvgIpc) is 3.36. The molecule has 1 aromatic carbocycles. The SMILES string of the molecule is COc1ccc2sc(N(CCCN3CCOCC3)C(=O)c3ccnn3C)nc2c1.Cl. The van der Waals surface area contributed by atoms with Crippen molar-refractivity contribution in [3.63, 3.8) is 0 Å². The second-order valence-corrected chi connectivity index (χ2v) is 7.94. The second-order valence-electron chi connectivity index (χ2n) is 6.93. The largest absolute Gasteiger partial charge is 0.497 e. The summed E-state index contributed by atoms with van der Waals surface area (Å²) in [4.78, 5) is 22.2. The summed E-state index contributed by atoms with van der Waals surface area (Å²) in [6.45, 7) is 4.96. The van der Waals surface area contributed by atoms with Gasteiger partial charge in [0.15, 0.2) is 5.13 Å². The molecule has 3 heterocycles. The van der Waals surface area contributed by atoms with Crippen molar-refractivity contribution >= 4 is 45.0 Å². The molecule has 0 saturated carbocycles. The zero-order valence-corrected chi connectivity index (χ0v) is 18.7. The number of hydrogen-bond donors (Lipinski definition) is 0. The molecule has 10 heteroatoms. The smallest absolute Gasteiger partial charge is 0.278 e. The summed E-state index contributed by atoms with van der Waals surface area (Å²) in [6.07, 6.45) is 2.51. The van der Waals surface area contributed by atoms with Gasteiger partial charge < -0.3 is 9.47 Å². The number of aryl methyl sites for hydroxylation is 1. The first-order chi connectivity index (χ1) is 14.2. The fourth-order valence-corrected chi connectivity index (χ4v) is 4.39. The van der Waals surface area contributed by atoms with Crippen LogP contribution in [-0.2, 0) is 11.8 Å². The predicted molar refractivity (Wildman–Crippen MR) is 120 cm³/mol. The Hall–Kier alpha value is -2.20. The number of benzene rings is 1. The van der Waals surface area contributed by atoms with Crippen LogP contribution in [0.15, 0.2) is 30.5 Å². The van der Waals surface area contributed by atoms with E-state index in [2.05, 4.69) is 10.00 Å². The monoisotopic (exact) mass is 451 g/mol. The lowest BCUT2D eigenvalue weighted by Crippen LogP contribution is -2.39. The molecule has 0 bridgehead atoms. The number of aromatic nitrogens is 3. The second kappa shape index (κ2) is 10.2. The Morgan fingerprint density at radius 3 is 2.80 bits per heavy atom. The van der Waals surface area contributed by atoms with Crippen molar-refractivity contribution in [2.24, 2.45) is 7.05 Å². The number of carbonyl (C=O) groups excluding carboxylic acids is 1. The van der Waals surface area contributed by atoms with Crippen molar-refractivity contribution in [1.29, 1.82) is 0 Å². The minimum Gasteiger partial charge on any atom is -0.497 e. The third kappa shape index (κ3) is 4.92. The van der Waals surface area contributed by atoms with Crippen molar-refractivity contribution in [1.82, 2.24) is 19.7 Å². The maximum atomic E-state index is 13.3. The summed E-state index contributed by atoms with van der Waals surface area (Å²) in [5.74, 6) is 0.671. The van der Waals surface area contributed by atoms with Gasteiger partial charge in [-0.25, -0.2) is 4.98 Å². The van der Waals surface area contributed by atoms with Gasteiger partial charge in [-0.05, 0) is 24.6 Å². The van der Waals surface area contributed by atoms with E-state index in [0.29, 0.717) is 17.4 Å². The first-order valence-corrected chi connectivity index (χ1v) is 10.5. The quantitative estimate of drug-likeness (QED) is 0.550. The van der Waals surface area contributed by atoms with Crippen LogP contribution in [0.2, 0.25) is 0 Å². The van der Waals surface area contributed by atoms with E-state index in [1.165, 1.54) is 11.3 Å². The van der Waals surface area contributed by atoms with Crippen LogP contribution in [0.4, 0.5) is 5.13 Å². The van der Waals surface area contributed by atoms with Gasteiger partial charge in [0.2, 0.25) is 0 Å². The van der Waals surface area contributed by atoms with Gasteiger partial charge in [-0.15, -0.1) is 12.4 Å². The molecule has 0 N–H and O–H groups in total. The molecule has 1 aliphatic rings. The van der Waals surface area contributed by atoms with E-state index >= 15 is 0 Å². The highest BCUT2D eigenvalue weighted by molar-refractivity contribution is 7.22. The third-order valence-electron chi connectivity index (χ3n) is 5.06. The van der Waals surface area contributed by atoms with Crippen LogP contribution < -0.4 is 9.64 Å². The number of hydrogen-bond acceptors (Lipinski definition) is 7. The van der Waals surface area contributed by atoms with Crippen LogP contribution in [0.25, 0.3) is 10.2 Å². The number of carbonyl (C=O) groups is 1. The van der Waals surface area contributed by atoms with E-state index < -0.39 is 0 Å². The molecule has 1 amide bonds. The van der Waals surface area contributed by atoms with Gasteiger partial charge in [-0.3, -0.25) is 19.3 Å². The molecule has 0 atom stereocenters. The van der Waals surface area contributed by atoms with Gasteiger partial charge >= 0.3 is 0 Å². The Morgan fingerprint density at radius 2 is 2.10 bits per heavy atom. The number of ether oxygens (including phenoxy) is 2. The highest BCUT2D eigenvalue weighted by Crippen LogP contribution is 2.32. The minimum atomic E-state index is -0.0852. The van der Waals surface area contributed by atoms with Crippen LogP contribution in [0.3, 0.4) is 0 Å². The number of fused-ring (bicyclic) bond motifs is 1. The lowest BCUT2D eigenvalue weighted by atomic mass is 10.3. The van der Waals surface area contributed by atoms with Crippen molar-refractivity contribution in [3.05, 3.63) is 36.2 Å². The predicted octanol–water partition coefficient (Wildman–Crippen LogP) is 2.83. The van der Waals surface area contributed by atoms with E-state index in [4.69, 9.17) is 14.5 Å². The summed E-state index contributed by atoms with van der Waals surface area (Å²) >= 11 is 1.52. The highest BCUT2D eigenvalue weighted by Gasteiger charge is 2.24. The molecule has 3 aromatic rings. The molecule has 1 saturated heterocycles. The third-order valence-corrected chi connectivity index (χ3v) is 6.12. The van der Waals surface area contributed by atoms with Gasteiger partial charge in [-0.2, -0.15) is 5.10 Å². The summed E-state index contributed by atoms with van der Waals surface area (Å²) in [7, 11) is 3.42. The number of nitrogens with zero attached hydrogens (tertiary/aromatic N) is 5. The van der Waals surface area contributed by atoms with Crippen LogP contribution in [0.1, 0.15) is 16.9 Å². The van der Waals surface area contributed by atoms with Gasteiger partial charge in [0.05, 0.1) is 30.5 Å². The van der Waals surface area contributed by atoms with Gasteiger partial charge in [0.1, 0.15) is 11.4 Å². The normalized spacial score (nSPS) is 14.5. The summed E-state index contributed by atoms with van der Waals surface area (Å²) < 4.78 is 13.3. The first-order valence-electron chi connectivity index (χ1n) is 9.70. The Bertz CT molecular complexity index is 986. The van der Waals surface area contributed by atoms with Gasteiger partial charge in [0.25, 0.3) is 5.91 Å². The molecule has 1 fully saturated rings. The van der Waals surface area contributed by atoms with Crippen molar-refractivity contribution in [3.8, 4) is 5.75 Å². The molecule has 1 aliphatic heterocycles.